The number of aliphatic hydroxyl groups is 1. The summed E-state index contributed by atoms with van der Waals surface area (Å²) in [4.78, 5) is 0. The summed E-state index contributed by atoms with van der Waals surface area (Å²) in [5, 5.41) is 9.40. The molecule has 0 aliphatic heterocycles. The molecule has 14 heavy (non-hydrogen) atoms. The largest absolute Gasteiger partial charge is 0.393 e. The van der Waals surface area contributed by atoms with Crippen LogP contribution in [0.3, 0.4) is 0 Å². The summed E-state index contributed by atoms with van der Waals surface area (Å²) < 4.78 is 22.6. The Labute approximate surface area is 86.4 Å². The van der Waals surface area contributed by atoms with Crippen LogP contribution in [-0.2, 0) is 9.84 Å². The van der Waals surface area contributed by atoms with Crippen LogP contribution in [0.5, 0.6) is 0 Å². The van der Waals surface area contributed by atoms with Crippen molar-refractivity contribution in [2.24, 2.45) is 5.41 Å². The summed E-state index contributed by atoms with van der Waals surface area (Å²) in [6.07, 6.45) is 3.01. The zero-order valence-corrected chi connectivity index (χ0v) is 9.81. The molecule has 0 aromatic heterocycles. The fraction of sp³-hybridized carbons (Fsp3) is 1.00. The third-order valence-corrected chi connectivity index (χ3v) is 4.97. The topological polar surface area (TPSA) is 54.4 Å². The highest BCUT2D eigenvalue weighted by atomic mass is 32.2. The molecule has 0 bridgehead atoms. The SMILES string of the molecule is CCS(=O)(=O)CCC1(C)CCC(O)C1. The first-order valence-electron chi connectivity index (χ1n) is 5.25. The van der Waals surface area contributed by atoms with E-state index in [4.69, 9.17) is 0 Å². The van der Waals surface area contributed by atoms with Gasteiger partial charge < -0.3 is 5.11 Å². The van der Waals surface area contributed by atoms with Gasteiger partial charge in [-0.3, -0.25) is 0 Å². The Bertz CT molecular complexity index is 284. The van der Waals surface area contributed by atoms with E-state index in [0.29, 0.717) is 6.42 Å². The van der Waals surface area contributed by atoms with Crippen molar-refractivity contribution in [2.75, 3.05) is 11.5 Å². The average molecular weight is 220 g/mol. The lowest BCUT2D eigenvalue weighted by atomic mass is 9.86. The zero-order chi connectivity index (χ0) is 10.8. The van der Waals surface area contributed by atoms with E-state index in [1.54, 1.807) is 6.92 Å². The average Bonchev–Trinajstić information content (AvgIpc) is 2.45. The molecule has 0 radical (unpaired) electrons. The van der Waals surface area contributed by atoms with Gasteiger partial charge in [0, 0.05) is 5.75 Å². The second-order valence-corrected chi connectivity index (χ2v) is 7.17. The molecule has 0 heterocycles. The second kappa shape index (κ2) is 4.19. The molecule has 1 N–H and O–H groups in total. The van der Waals surface area contributed by atoms with Crippen molar-refractivity contribution < 1.29 is 13.5 Å². The van der Waals surface area contributed by atoms with Gasteiger partial charge in [0.2, 0.25) is 0 Å². The summed E-state index contributed by atoms with van der Waals surface area (Å²) in [6, 6.07) is 0. The molecule has 1 saturated carbocycles. The Morgan fingerprint density at radius 2 is 2.14 bits per heavy atom. The Morgan fingerprint density at radius 1 is 1.50 bits per heavy atom. The minimum Gasteiger partial charge on any atom is -0.393 e. The van der Waals surface area contributed by atoms with Gasteiger partial charge in [-0.15, -0.1) is 0 Å². The van der Waals surface area contributed by atoms with Crippen molar-refractivity contribution in [1.29, 1.82) is 0 Å². The maximum Gasteiger partial charge on any atom is 0.150 e. The fourth-order valence-corrected chi connectivity index (χ4v) is 3.15. The van der Waals surface area contributed by atoms with Gasteiger partial charge in [-0.2, -0.15) is 0 Å². The van der Waals surface area contributed by atoms with Crippen molar-refractivity contribution in [1.82, 2.24) is 0 Å². The van der Waals surface area contributed by atoms with Crippen molar-refractivity contribution in [2.45, 2.75) is 45.6 Å². The molecule has 0 amide bonds. The standard InChI is InChI=1S/C10H20O3S/c1-3-14(12,13)7-6-10(2)5-4-9(11)8-10/h9,11H,3-8H2,1-2H3. The van der Waals surface area contributed by atoms with Gasteiger partial charge in [0.25, 0.3) is 0 Å². The molecule has 4 heteroatoms. The van der Waals surface area contributed by atoms with E-state index in [-0.39, 0.29) is 23.0 Å². The molecular weight excluding hydrogens is 200 g/mol. The molecule has 1 aliphatic carbocycles. The predicted molar refractivity (Wildman–Crippen MR) is 56.9 cm³/mol. The summed E-state index contributed by atoms with van der Waals surface area (Å²) in [7, 11) is -2.84. The van der Waals surface area contributed by atoms with Gasteiger partial charge in [0.05, 0.1) is 11.9 Å². The third kappa shape index (κ3) is 3.24. The molecule has 3 nitrogen and oxygen atoms in total. The summed E-state index contributed by atoms with van der Waals surface area (Å²) >= 11 is 0. The predicted octanol–water partition coefficient (Wildman–Crippen LogP) is 1.36. The van der Waals surface area contributed by atoms with Gasteiger partial charge >= 0.3 is 0 Å². The van der Waals surface area contributed by atoms with Crippen LogP contribution in [-0.4, -0.2) is 31.1 Å². The molecule has 0 spiro atoms. The Balaban J connectivity index is 2.46. The first-order valence-corrected chi connectivity index (χ1v) is 7.07. The van der Waals surface area contributed by atoms with E-state index >= 15 is 0 Å². The number of rotatable bonds is 4. The molecule has 84 valence electrons. The van der Waals surface area contributed by atoms with Crippen molar-refractivity contribution in [3.63, 3.8) is 0 Å². The van der Waals surface area contributed by atoms with Crippen molar-refractivity contribution in [3.05, 3.63) is 0 Å². The lowest BCUT2D eigenvalue weighted by Crippen LogP contribution is -2.20. The van der Waals surface area contributed by atoms with E-state index < -0.39 is 9.84 Å². The molecule has 1 fully saturated rings. The Morgan fingerprint density at radius 3 is 2.57 bits per heavy atom. The van der Waals surface area contributed by atoms with Gasteiger partial charge in [-0.05, 0) is 31.1 Å². The molecular formula is C10H20O3S. The maximum atomic E-state index is 11.3. The number of aliphatic hydroxyl groups excluding tert-OH is 1. The highest BCUT2D eigenvalue weighted by Crippen LogP contribution is 2.40. The van der Waals surface area contributed by atoms with Crippen LogP contribution in [0.25, 0.3) is 0 Å². The van der Waals surface area contributed by atoms with Crippen LogP contribution in [0.1, 0.15) is 39.5 Å². The van der Waals surface area contributed by atoms with E-state index in [1.807, 2.05) is 0 Å². The first kappa shape index (κ1) is 12.0. The highest BCUT2D eigenvalue weighted by Gasteiger charge is 2.34. The zero-order valence-electron chi connectivity index (χ0n) is 8.99. The monoisotopic (exact) mass is 220 g/mol. The molecule has 0 aromatic carbocycles. The second-order valence-electron chi connectivity index (χ2n) is 4.69. The summed E-state index contributed by atoms with van der Waals surface area (Å²) in [5.74, 6) is 0.498. The minimum absolute atomic E-state index is 0.0433. The molecule has 1 aliphatic rings. The van der Waals surface area contributed by atoms with Crippen LogP contribution >= 0.6 is 0 Å². The third-order valence-electron chi connectivity index (χ3n) is 3.27. The van der Waals surface area contributed by atoms with Crippen LogP contribution in [0.15, 0.2) is 0 Å². The molecule has 0 aromatic rings. The molecule has 0 saturated heterocycles. The van der Waals surface area contributed by atoms with E-state index in [2.05, 4.69) is 6.92 Å². The maximum absolute atomic E-state index is 11.3. The lowest BCUT2D eigenvalue weighted by Gasteiger charge is -2.22. The fourth-order valence-electron chi connectivity index (χ4n) is 2.06. The van der Waals surface area contributed by atoms with E-state index in [9.17, 15) is 13.5 Å². The number of hydrogen-bond acceptors (Lipinski definition) is 3. The highest BCUT2D eigenvalue weighted by molar-refractivity contribution is 7.91. The summed E-state index contributed by atoms with van der Waals surface area (Å²) in [5.41, 5.74) is 0.0433. The van der Waals surface area contributed by atoms with Crippen LogP contribution < -0.4 is 0 Å². The van der Waals surface area contributed by atoms with Gasteiger partial charge in [-0.1, -0.05) is 13.8 Å². The Kier molecular flexibility index (Phi) is 3.58. The first-order chi connectivity index (χ1) is 6.37. The lowest BCUT2D eigenvalue weighted by molar-refractivity contribution is 0.162. The quantitative estimate of drug-likeness (QED) is 0.778. The van der Waals surface area contributed by atoms with Crippen LogP contribution in [0.4, 0.5) is 0 Å². The van der Waals surface area contributed by atoms with Crippen molar-refractivity contribution >= 4 is 9.84 Å². The molecule has 2 atom stereocenters. The molecule has 1 rings (SSSR count). The minimum atomic E-state index is -2.84. The van der Waals surface area contributed by atoms with Gasteiger partial charge in [0.1, 0.15) is 9.84 Å². The number of hydrogen-bond donors (Lipinski definition) is 1. The Hall–Kier alpha value is -0.0900. The van der Waals surface area contributed by atoms with Crippen molar-refractivity contribution in [3.8, 4) is 0 Å². The van der Waals surface area contributed by atoms with E-state index in [0.717, 1.165) is 19.3 Å². The van der Waals surface area contributed by atoms with Gasteiger partial charge in [-0.25, -0.2) is 8.42 Å². The summed E-state index contributed by atoms with van der Waals surface area (Å²) in [6.45, 7) is 3.76. The van der Waals surface area contributed by atoms with E-state index in [1.165, 1.54) is 0 Å². The smallest absolute Gasteiger partial charge is 0.150 e. The number of sulfone groups is 1. The molecule has 2 unspecified atom stereocenters. The van der Waals surface area contributed by atoms with Crippen LogP contribution in [0.2, 0.25) is 0 Å². The van der Waals surface area contributed by atoms with Gasteiger partial charge in [0.15, 0.2) is 0 Å². The normalized spacial score (nSPS) is 33.5. The van der Waals surface area contributed by atoms with Crippen LogP contribution in [0, 0.1) is 5.41 Å².